The lowest BCUT2D eigenvalue weighted by Gasteiger charge is -2.09. The summed E-state index contributed by atoms with van der Waals surface area (Å²) in [6.07, 6.45) is 0. The number of anilines is 1. The number of hydrogen-bond donors (Lipinski definition) is 1. The Labute approximate surface area is 136 Å². The molecule has 24 heavy (non-hydrogen) atoms. The van der Waals surface area contributed by atoms with Crippen molar-refractivity contribution in [2.45, 2.75) is 6.92 Å². The number of nitro groups is 1. The molecule has 1 amide bonds. The van der Waals surface area contributed by atoms with Crippen molar-refractivity contribution in [3.05, 3.63) is 69.5 Å². The molecule has 124 valence electrons. The Balaban J connectivity index is 1.97. The largest absolute Gasteiger partial charge is 0.452 e. The molecule has 0 atom stereocenters. The summed E-state index contributed by atoms with van der Waals surface area (Å²) in [5.41, 5.74) is 0.670. The van der Waals surface area contributed by atoms with E-state index in [1.165, 1.54) is 36.4 Å². The Morgan fingerprint density at radius 3 is 2.67 bits per heavy atom. The van der Waals surface area contributed by atoms with Gasteiger partial charge in [-0.15, -0.1) is 0 Å². The number of ether oxygens (including phenoxy) is 1. The Hall–Kier alpha value is -3.29. The maximum atomic E-state index is 13.0. The number of halogens is 1. The predicted molar refractivity (Wildman–Crippen MR) is 83.1 cm³/mol. The van der Waals surface area contributed by atoms with Crippen LogP contribution in [0.1, 0.15) is 15.9 Å². The number of nitrogens with zero attached hydrogens (tertiary/aromatic N) is 1. The highest BCUT2D eigenvalue weighted by atomic mass is 19.1. The van der Waals surface area contributed by atoms with Gasteiger partial charge in [0, 0.05) is 12.1 Å². The van der Waals surface area contributed by atoms with Gasteiger partial charge < -0.3 is 10.1 Å². The molecule has 2 rings (SSSR count). The Morgan fingerprint density at radius 2 is 2.00 bits per heavy atom. The van der Waals surface area contributed by atoms with Crippen molar-refractivity contribution < 1.29 is 23.6 Å². The van der Waals surface area contributed by atoms with Gasteiger partial charge in [0.15, 0.2) is 6.61 Å². The van der Waals surface area contributed by atoms with E-state index in [4.69, 9.17) is 4.74 Å². The molecule has 2 aromatic rings. The molecular weight excluding hydrogens is 319 g/mol. The summed E-state index contributed by atoms with van der Waals surface area (Å²) in [5, 5.41) is 13.2. The van der Waals surface area contributed by atoms with Crippen LogP contribution in [0.25, 0.3) is 0 Å². The number of carbonyl (C=O) groups excluding carboxylic acids is 2. The molecule has 0 aromatic heterocycles. The molecular formula is C16H13FN2O5. The van der Waals surface area contributed by atoms with E-state index in [0.717, 1.165) is 6.07 Å². The first kappa shape index (κ1) is 17.1. The zero-order valence-corrected chi connectivity index (χ0v) is 12.6. The van der Waals surface area contributed by atoms with E-state index in [1.807, 2.05) is 0 Å². The minimum atomic E-state index is -0.847. The van der Waals surface area contributed by atoms with Crippen LogP contribution in [-0.4, -0.2) is 23.4 Å². The molecule has 0 unspecified atom stereocenters. The highest BCUT2D eigenvalue weighted by Crippen LogP contribution is 2.21. The second-order valence-corrected chi connectivity index (χ2v) is 4.89. The van der Waals surface area contributed by atoms with Gasteiger partial charge in [0.05, 0.1) is 16.2 Å². The van der Waals surface area contributed by atoms with Crippen LogP contribution in [0.15, 0.2) is 42.5 Å². The van der Waals surface area contributed by atoms with Crippen molar-refractivity contribution in [2.75, 3.05) is 11.9 Å². The van der Waals surface area contributed by atoms with Crippen LogP contribution >= 0.6 is 0 Å². The molecule has 0 aliphatic heterocycles. The highest BCUT2D eigenvalue weighted by molar-refractivity contribution is 5.96. The van der Waals surface area contributed by atoms with Crippen molar-refractivity contribution in [1.82, 2.24) is 0 Å². The first-order valence-corrected chi connectivity index (χ1v) is 6.84. The zero-order valence-electron chi connectivity index (χ0n) is 12.6. The van der Waals surface area contributed by atoms with Gasteiger partial charge in [0.1, 0.15) is 5.82 Å². The normalized spacial score (nSPS) is 10.1. The molecule has 0 saturated heterocycles. The van der Waals surface area contributed by atoms with E-state index in [0.29, 0.717) is 5.56 Å². The van der Waals surface area contributed by atoms with Crippen molar-refractivity contribution >= 4 is 23.3 Å². The van der Waals surface area contributed by atoms with Crippen molar-refractivity contribution in [1.29, 1.82) is 0 Å². The summed E-state index contributed by atoms with van der Waals surface area (Å²) in [4.78, 5) is 33.7. The molecule has 0 radical (unpaired) electrons. The number of nitro benzene ring substituents is 1. The summed E-state index contributed by atoms with van der Waals surface area (Å²) in [6.45, 7) is 1.07. The molecule has 0 heterocycles. The first-order valence-electron chi connectivity index (χ1n) is 6.84. The smallest absolute Gasteiger partial charge is 0.338 e. The van der Waals surface area contributed by atoms with E-state index in [9.17, 15) is 24.1 Å². The monoisotopic (exact) mass is 332 g/mol. The molecule has 8 heteroatoms. The fourth-order valence-electron chi connectivity index (χ4n) is 1.87. The quantitative estimate of drug-likeness (QED) is 0.516. The number of esters is 1. The van der Waals surface area contributed by atoms with Crippen molar-refractivity contribution in [3.8, 4) is 0 Å². The number of benzene rings is 2. The van der Waals surface area contributed by atoms with Crippen LogP contribution in [0.5, 0.6) is 0 Å². The van der Waals surface area contributed by atoms with Gasteiger partial charge in [-0.1, -0.05) is 12.1 Å². The number of non-ortho nitro benzene ring substituents is 1. The second-order valence-electron chi connectivity index (χ2n) is 4.89. The molecule has 0 saturated carbocycles. The van der Waals surface area contributed by atoms with E-state index in [1.54, 1.807) is 6.92 Å². The number of carbonyl (C=O) groups is 2. The number of amides is 1. The van der Waals surface area contributed by atoms with Crippen LogP contribution in [0, 0.1) is 22.9 Å². The van der Waals surface area contributed by atoms with E-state index in [-0.39, 0.29) is 16.9 Å². The van der Waals surface area contributed by atoms with Gasteiger partial charge >= 0.3 is 5.97 Å². The summed E-state index contributed by atoms with van der Waals surface area (Å²) < 4.78 is 17.8. The number of hydrogen-bond acceptors (Lipinski definition) is 5. The van der Waals surface area contributed by atoms with Crippen LogP contribution < -0.4 is 5.32 Å². The van der Waals surface area contributed by atoms with Gasteiger partial charge in [0.2, 0.25) is 0 Å². The molecule has 2 aromatic carbocycles. The van der Waals surface area contributed by atoms with Gasteiger partial charge in [-0.2, -0.15) is 0 Å². The Kier molecular flexibility index (Phi) is 5.20. The lowest BCUT2D eigenvalue weighted by atomic mass is 10.2. The molecule has 0 aliphatic rings. The van der Waals surface area contributed by atoms with Gasteiger partial charge in [-0.3, -0.25) is 14.9 Å². The third kappa shape index (κ3) is 4.35. The predicted octanol–water partition coefficient (Wildman–Crippen LogP) is 2.84. The number of nitrogens with one attached hydrogen (secondary N) is 1. The summed E-state index contributed by atoms with van der Waals surface area (Å²) in [5.74, 6) is -2.11. The van der Waals surface area contributed by atoms with Crippen LogP contribution in [0.2, 0.25) is 0 Å². The van der Waals surface area contributed by atoms with Crippen molar-refractivity contribution in [3.63, 3.8) is 0 Å². The number of aryl methyl sites for hydroxylation is 1. The molecule has 7 nitrogen and oxygen atoms in total. The highest BCUT2D eigenvalue weighted by Gasteiger charge is 2.14. The molecule has 0 aliphatic carbocycles. The van der Waals surface area contributed by atoms with Crippen molar-refractivity contribution in [2.24, 2.45) is 0 Å². The Morgan fingerprint density at radius 1 is 1.25 bits per heavy atom. The van der Waals surface area contributed by atoms with E-state index >= 15 is 0 Å². The van der Waals surface area contributed by atoms with E-state index in [2.05, 4.69) is 5.32 Å². The average Bonchev–Trinajstić information content (AvgIpc) is 2.54. The van der Waals surface area contributed by atoms with Crippen LogP contribution in [0.3, 0.4) is 0 Å². The summed E-state index contributed by atoms with van der Waals surface area (Å²) in [6, 6.07) is 8.88. The first-order chi connectivity index (χ1) is 11.4. The topological polar surface area (TPSA) is 98.5 Å². The summed E-state index contributed by atoms with van der Waals surface area (Å²) in [7, 11) is 0. The van der Waals surface area contributed by atoms with Crippen LogP contribution in [0.4, 0.5) is 15.8 Å². The van der Waals surface area contributed by atoms with Gasteiger partial charge in [0.25, 0.3) is 11.6 Å². The number of rotatable bonds is 5. The van der Waals surface area contributed by atoms with Gasteiger partial charge in [-0.05, 0) is 30.7 Å². The minimum absolute atomic E-state index is 0.0191. The SMILES string of the molecule is Cc1ccc([N+](=O)[O-])cc1NC(=O)COC(=O)c1cccc(F)c1. The zero-order chi connectivity index (χ0) is 17.7. The maximum Gasteiger partial charge on any atom is 0.338 e. The lowest BCUT2D eigenvalue weighted by molar-refractivity contribution is -0.384. The fourth-order valence-corrected chi connectivity index (χ4v) is 1.87. The Bertz CT molecular complexity index is 807. The molecule has 0 fully saturated rings. The van der Waals surface area contributed by atoms with Gasteiger partial charge in [-0.25, -0.2) is 9.18 Å². The third-order valence-corrected chi connectivity index (χ3v) is 3.10. The maximum absolute atomic E-state index is 13.0. The summed E-state index contributed by atoms with van der Waals surface area (Å²) >= 11 is 0. The minimum Gasteiger partial charge on any atom is -0.452 e. The average molecular weight is 332 g/mol. The van der Waals surface area contributed by atoms with E-state index < -0.39 is 29.2 Å². The molecule has 1 N–H and O–H groups in total. The third-order valence-electron chi connectivity index (χ3n) is 3.10. The van der Waals surface area contributed by atoms with Crippen LogP contribution in [-0.2, 0) is 9.53 Å². The fraction of sp³-hybridized carbons (Fsp3) is 0.125. The second kappa shape index (κ2) is 7.32. The molecule has 0 bridgehead atoms. The molecule has 0 spiro atoms. The standard InChI is InChI=1S/C16H13FN2O5/c1-10-5-6-13(19(22)23)8-14(10)18-15(20)9-24-16(21)11-3-2-4-12(17)7-11/h2-8H,9H2,1H3,(H,18,20). The lowest BCUT2D eigenvalue weighted by Crippen LogP contribution is -2.21.